The molecule has 0 unspecified atom stereocenters. The molecule has 2 aromatic rings. The number of ether oxygens (including phenoxy) is 1. The van der Waals surface area contributed by atoms with Crippen molar-refractivity contribution in [1.82, 2.24) is 4.98 Å². The van der Waals surface area contributed by atoms with Crippen LogP contribution >= 0.6 is 22.9 Å². The molecule has 5 heteroatoms. The molecular weight excluding hydrogens is 270 g/mol. The van der Waals surface area contributed by atoms with E-state index >= 15 is 0 Å². The molecule has 0 N–H and O–H groups in total. The molecule has 0 amide bonds. The maximum absolute atomic E-state index is 11.4. The third kappa shape index (κ3) is 3.98. The molecule has 0 spiro atoms. The van der Waals surface area contributed by atoms with Crippen LogP contribution in [0.2, 0.25) is 5.15 Å². The van der Waals surface area contributed by atoms with Crippen LogP contribution in [-0.2, 0) is 16.1 Å². The summed E-state index contributed by atoms with van der Waals surface area (Å²) in [6.07, 6.45) is 4.72. The van der Waals surface area contributed by atoms with Crippen molar-refractivity contribution in [3.63, 3.8) is 0 Å². The molecule has 0 aliphatic heterocycles. The highest BCUT2D eigenvalue weighted by molar-refractivity contribution is 7.10. The van der Waals surface area contributed by atoms with Crippen LogP contribution in [0.25, 0.3) is 6.08 Å². The molecule has 2 aromatic heterocycles. The van der Waals surface area contributed by atoms with E-state index in [1.54, 1.807) is 35.7 Å². The molecule has 92 valence electrons. The minimum Gasteiger partial charge on any atom is -0.458 e. The van der Waals surface area contributed by atoms with Gasteiger partial charge in [0.1, 0.15) is 11.8 Å². The summed E-state index contributed by atoms with van der Waals surface area (Å²) in [5.41, 5.74) is 0.803. The number of esters is 1. The number of nitrogens with zero attached hydrogens (tertiary/aromatic N) is 1. The Morgan fingerprint density at radius 3 is 3.00 bits per heavy atom. The highest BCUT2D eigenvalue weighted by Gasteiger charge is 1.99. The van der Waals surface area contributed by atoms with Crippen LogP contribution < -0.4 is 0 Å². The van der Waals surface area contributed by atoms with Crippen molar-refractivity contribution in [2.45, 2.75) is 6.61 Å². The number of rotatable bonds is 4. The summed E-state index contributed by atoms with van der Waals surface area (Å²) in [6, 6.07) is 7.28. The maximum atomic E-state index is 11.4. The number of halogens is 1. The quantitative estimate of drug-likeness (QED) is 0.488. The van der Waals surface area contributed by atoms with Gasteiger partial charge in [0.05, 0.1) is 0 Å². The Labute approximate surface area is 114 Å². The second-order valence-corrected chi connectivity index (χ2v) is 4.81. The zero-order valence-electron chi connectivity index (χ0n) is 9.38. The zero-order chi connectivity index (χ0) is 12.8. The van der Waals surface area contributed by atoms with Gasteiger partial charge < -0.3 is 4.74 Å². The number of carbonyl (C=O) groups excluding carboxylic acids is 1. The van der Waals surface area contributed by atoms with Crippen LogP contribution in [0.4, 0.5) is 0 Å². The molecular formula is C13H10ClNO2S. The van der Waals surface area contributed by atoms with E-state index in [2.05, 4.69) is 4.98 Å². The third-order valence-corrected chi connectivity index (χ3v) is 3.16. The summed E-state index contributed by atoms with van der Waals surface area (Å²) in [5, 5.41) is 2.37. The fourth-order valence-corrected chi connectivity index (χ4v) is 1.96. The fourth-order valence-electron chi connectivity index (χ4n) is 1.23. The molecule has 0 fully saturated rings. The lowest BCUT2D eigenvalue weighted by atomic mass is 10.3. The van der Waals surface area contributed by atoms with Gasteiger partial charge in [0.2, 0.25) is 0 Å². The van der Waals surface area contributed by atoms with Gasteiger partial charge in [-0.1, -0.05) is 23.7 Å². The van der Waals surface area contributed by atoms with Crippen LogP contribution in [-0.4, -0.2) is 11.0 Å². The van der Waals surface area contributed by atoms with Crippen LogP contribution in [0.1, 0.15) is 10.4 Å². The van der Waals surface area contributed by atoms with Crippen LogP contribution in [0.5, 0.6) is 0 Å². The lowest BCUT2D eigenvalue weighted by Gasteiger charge is -2.01. The van der Waals surface area contributed by atoms with Gasteiger partial charge in [0, 0.05) is 22.7 Å². The summed E-state index contributed by atoms with van der Waals surface area (Å²) >= 11 is 7.21. The van der Waals surface area contributed by atoms with E-state index in [-0.39, 0.29) is 12.6 Å². The second-order valence-electron chi connectivity index (χ2n) is 3.45. The Kier molecular flexibility index (Phi) is 4.50. The molecule has 3 nitrogen and oxygen atoms in total. The molecule has 2 rings (SSSR count). The zero-order valence-corrected chi connectivity index (χ0v) is 10.9. The minimum absolute atomic E-state index is 0.192. The van der Waals surface area contributed by atoms with Gasteiger partial charge in [-0.15, -0.1) is 11.3 Å². The van der Waals surface area contributed by atoms with Crippen molar-refractivity contribution in [2.75, 3.05) is 0 Å². The number of hydrogen-bond donors (Lipinski definition) is 0. The van der Waals surface area contributed by atoms with Crippen LogP contribution in [0.15, 0.2) is 41.9 Å². The molecule has 0 bridgehead atoms. The number of pyridine rings is 1. The number of aromatic nitrogens is 1. The first-order valence-corrected chi connectivity index (χ1v) is 6.48. The first-order chi connectivity index (χ1) is 8.74. The van der Waals surface area contributed by atoms with Gasteiger partial charge in [-0.2, -0.15) is 0 Å². The topological polar surface area (TPSA) is 39.2 Å². The van der Waals surface area contributed by atoms with E-state index < -0.39 is 0 Å². The van der Waals surface area contributed by atoms with Gasteiger partial charge in [0.25, 0.3) is 0 Å². The van der Waals surface area contributed by atoms with Crippen molar-refractivity contribution in [2.24, 2.45) is 0 Å². The average molecular weight is 280 g/mol. The predicted octanol–water partition coefficient (Wildman–Crippen LogP) is 3.55. The molecule has 0 atom stereocenters. The van der Waals surface area contributed by atoms with E-state index in [4.69, 9.17) is 16.3 Å². The predicted molar refractivity (Wildman–Crippen MR) is 72.4 cm³/mol. The maximum Gasteiger partial charge on any atom is 0.331 e. The number of hydrogen-bond acceptors (Lipinski definition) is 4. The monoisotopic (exact) mass is 279 g/mol. The van der Waals surface area contributed by atoms with E-state index in [9.17, 15) is 4.79 Å². The Bertz CT molecular complexity index is 535. The van der Waals surface area contributed by atoms with E-state index in [0.717, 1.165) is 10.4 Å². The van der Waals surface area contributed by atoms with Crippen molar-refractivity contribution in [1.29, 1.82) is 0 Å². The van der Waals surface area contributed by atoms with E-state index in [1.807, 2.05) is 17.5 Å². The van der Waals surface area contributed by atoms with Crippen LogP contribution in [0, 0.1) is 0 Å². The molecule has 0 aliphatic carbocycles. The van der Waals surface area contributed by atoms with Gasteiger partial charge in [0.15, 0.2) is 0 Å². The lowest BCUT2D eigenvalue weighted by Crippen LogP contribution is -2.00. The van der Waals surface area contributed by atoms with E-state index in [1.165, 1.54) is 6.08 Å². The molecule has 0 aromatic carbocycles. The average Bonchev–Trinajstić information content (AvgIpc) is 2.89. The van der Waals surface area contributed by atoms with Crippen LogP contribution in [0.3, 0.4) is 0 Å². The smallest absolute Gasteiger partial charge is 0.331 e. The Balaban J connectivity index is 1.83. The largest absolute Gasteiger partial charge is 0.458 e. The van der Waals surface area contributed by atoms with Crippen molar-refractivity contribution in [3.05, 3.63) is 57.5 Å². The normalized spacial score (nSPS) is 10.7. The van der Waals surface area contributed by atoms with Crippen molar-refractivity contribution in [3.8, 4) is 0 Å². The molecule has 0 saturated carbocycles. The van der Waals surface area contributed by atoms with Crippen molar-refractivity contribution < 1.29 is 9.53 Å². The standard InChI is InChI=1S/C13H10ClNO2S/c14-12-5-3-10(8-15-12)9-17-13(16)6-4-11-2-1-7-18-11/h1-8H,9H2/b6-4+. The second kappa shape index (κ2) is 6.33. The summed E-state index contributed by atoms with van der Waals surface area (Å²) in [6.45, 7) is 0.192. The van der Waals surface area contributed by atoms with Crippen molar-refractivity contribution >= 4 is 35.0 Å². The number of thiophene rings is 1. The first kappa shape index (κ1) is 12.8. The molecule has 2 heterocycles. The highest BCUT2D eigenvalue weighted by Crippen LogP contribution is 2.10. The lowest BCUT2D eigenvalue weighted by molar-refractivity contribution is -0.138. The molecule has 0 saturated heterocycles. The first-order valence-electron chi connectivity index (χ1n) is 5.23. The summed E-state index contributed by atoms with van der Waals surface area (Å²) in [5.74, 6) is -0.377. The Morgan fingerprint density at radius 2 is 2.33 bits per heavy atom. The van der Waals surface area contributed by atoms with E-state index in [0.29, 0.717) is 5.15 Å². The Morgan fingerprint density at radius 1 is 1.44 bits per heavy atom. The van der Waals surface area contributed by atoms with Gasteiger partial charge in [-0.3, -0.25) is 0 Å². The molecule has 0 radical (unpaired) electrons. The van der Waals surface area contributed by atoms with Gasteiger partial charge in [-0.05, 0) is 23.6 Å². The fraction of sp³-hybridized carbons (Fsp3) is 0.0769. The highest BCUT2D eigenvalue weighted by atomic mass is 35.5. The third-order valence-electron chi connectivity index (χ3n) is 2.10. The summed E-state index contributed by atoms with van der Waals surface area (Å²) in [7, 11) is 0. The summed E-state index contributed by atoms with van der Waals surface area (Å²) in [4.78, 5) is 16.3. The van der Waals surface area contributed by atoms with Gasteiger partial charge >= 0.3 is 5.97 Å². The molecule has 18 heavy (non-hydrogen) atoms. The molecule has 0 aliphatic rings. The number of carbonyl (C=O) groups is 1. The summed E-state index contributed by atoms with van der Waals surface area (Å²) < 4.78 is 5.06. The minimum atomic E-state index is -0.377. The SMILES string of the molecule is O=C(/C=C/c1cccs1)OCc1ccc(Cl)nc1. The van der Waals surface area contributed by atoms with Gasteiger partial charge in [-0.25, -0.2) is 9.78 Å². The Hall–Kier alpha value is -1.65.